The van der Waals surface area contributed by atoms with Crippen LogP contribution in [0.5, 0.6) is 0 Å². The lowest BCUT2D eigenvalue weighted by Crippen LogP contribution is -2.56. The maximum absolute atomic E-state index is 13.0. The topological polar surface area (TPSA) is 130 Å². The van der Waals surface area contributed by atoms with Crippen LogP contribution in [0.15, 0.2) is 11.1 Å². The highest BCUT2D eigenvalue weighted by molar-refractivity contribution is 6.75. The van der Waals surface area contributed by atoms with Crippen LogP contribution in [0.4, 0.5) is 5.95 Å². The van der Waals surface area contributed by atoms with Gasteiger partial charge in [-0.05, 0) is 54.4 Å². The lowest BCUT2D eigenvalue weighted by atomic mass is 10.1. The summed E-state index contributed by atoms with van der Waals surface area (Å²) in [5.74, 6) is -0.786. The molecule has 254 valence electrons. The SMILES string of the molecule is CC(C)(C)[Si](C)(C)OC1[C@H](n2cnc3c(=O)[nH]c(NC(=O)CCl)nc32)O[C@@H]2C(O[Si](C)(C)C(C)(C)C)C12O[Si](C)(C)C(C)(C)C. The fourth-order valence-corrected chi connectivity index (χ4v) is 9.07. The van der Waals surface area contributed by atoms with Crippen molar-refractivity contribution in [2.75, 3.05) is 11.2 Å². The second-order valence-electron chi connectivity index (χ2n) is 17.2. The van der Waals surface area contributed by atoms with Gasteiger partial charge in [0.15, 0.2) is 42.3 Å². The number of nitrogens with zero attached hydrogens (tertiary/aromatic N) is 3. The zero-order valence-electron chi connectivity index (χ0n) is 29.8. The molecule has 1 aliphatic heterocycles. The highest BCUT2D eigenvalue weighted by Crippen LogP contribution is 2.64. The molecular weight excluding hydrogens is 646 g/mol. The van der Waals surface area contributed by atoms with E-state index >= 15 is 0 Å². The average molecular weight is 701 g/mol. The Kier molecular flexibility index (Phi) is 9.19. The Morgan fingerprint density at radius 2 is 1.47 bits per heavy atom. The number of anilines is 1. The molecule has 15 heteroatoms. The van der Waals surface area contributed by atoms with Crippen LogP contribution in [0, 0.1) is 0 Å². The number of amides is 1. The van der Waals surface area contributed by atoms with Crippen molar-refractivity contribution in [2.45, 2.75) is 147 Å². The van der Waals surface area contributed by atoms with E-state index in [1.807, 2.05) is 0 Å². The summed E-state index contributed by atoms with van der Waals surface area (Å²) in [5.41, 5.74) is -0.961. The van der Waals surface area contributed by atoms with Gasteiger partial charge >= 0.3 is 0 Å². The van der Waals surface area contributed by atoms with Crippen LogP contribution < -0.4 is 10.9 Å². The van der Waals surface area contributed by atoms with Crippen LogP contribution in [0.2, 0.25) is 54.4 Å². The van der Waals surface area contributed by atoms with Gasteiger partial charge in [-0.25, -0.2) is 4.98 Å². The number of imidazole rings is 1. The number of carbonyl (C=O) groups excluding carboxylic acids is 1. The normalized spacial score (nSPS) is 26.3. The summed E-state index contributed by atoms with van der Waals surface area (Å²) in [7, 11) is -7.08. The van der Waals surface area contributed by atoms with Crippen molar-refractivity contribution in [3.8, 4) is 0 Å². The molecular formula is C30H54ClN5O6Si3. The van der Waals surface area contributed by atoms with E-state index in [1.165, 1.54) is 0 Å². The molecule has 11 nitrogen and oxygen atoms in total. The first-order valence-electron chi connectivity index (χ1n) is 15.7. The summed E-state index contributed by atoms with van der Waals surface area (Å²) in [4.78, 5) is 36.6. The first-order valence-corrected chi connectivity index (χ1v) is 25.0. The van der Waals surface area contributed by atoms with Crippen LogP contribution >= 0.6 is 11.6 Å². The molecule has 2 fully saturated rings. The van der Waals surface area contributed by atoms with E-state index in [1.54, 1.807) is 10.9 Å². The standard InChI is InChI=1S/C30H54ClN5O6Si3/c1-27(2,3)43(10,11)40-21-20-30(21,42-45(14,15)29(7,8)9)22(41-44(12,13)28(4,5)6)25(39-20)36-17-32-19-23(36)34-26(35-24(19)38)33-18(37)16-31/h17,20-22,25H,16H2,1-15H3,(H2,33,34,35,37,38)/t20-,21?,22?,25-,30?/m1/s1. The fraction of sp³-hybridized carbons (Fsp3) is 0.800. The van der Waals surface area contributed by atoms with Crippen LogP contribution in [-0.2, 0) is 22.8 Å². The van der Waals surface area contributed by atoms with Crippen LogP contribution in [-0.4, -0.2) is 80.2 Å². The number of aromatic nitrogens is 4. The van der Waals surface area contributed by atoms with Crippen molar-refractivity contribution in [1.29, 1.82) is 0 Å². The molecule has 0 bridgehead atoms. The summed E-state index contributed by atoms with van der Waals surface area (Å²) in [6, 6.07) is 0. The Balaban J connectivity index is 1.91. The molecule has 2 aromatic heterocycles. The second kappa shape index (κ2) is 11.3. The number of rotatable bonds is 9. The number of hydrogen-bond donors (Lipinski definition) is 2. The van der Waals surface area contributed by atoms with Crippen molar-refractivity contribution in [2.24, 2.45) is 0 Å². The molecule has 4 rings (SSSR count). The summed E-state index contributed by atoms with van der Waals surface area (Å²) in [6.07, 6.45) is -0.435. The number of carbonyl (C=O) groups is 1. The molecule has 45 heavy (non-hydrogen) atoms. The highest BCUT2D eigenvalue weighted by atomic mass is 35.5. The van der Waals surface area contributed by atoms with Crippen molar-refractivity contribution < 1.29 is 22.8 Å². The summed E-state index contributed by atoms with van der Waals surface area (Å²) in [6.45, 7) is 33.4. The molecule has 2 N–H and O–H groups in total. The van der Waals surface area contributed by atoms with Crippen LogP contribution in [0.25, 0.3) is 11.2 Å². The van der Waals surface area contributed by atoms with Crippen LogP contribution in [0.3, 0.4) is 0 Å². The predicted molar refractivity (Wildman–Crippen MR) is 187 cm³/mol. The summed E-state index contributed by atoms with van der Waals surface area (Å²) in [5, 5.41) is 2.33. The molecule has 5 atom stereocenters. The maximum Gasteiger partial charge on any atom is 0.280 e. The first kappa shape index (κ1) is 36.4. The molecule has 2 aromatic rings. The average Bonchev–Trinajstić information content (AvgIpc) is 3.12. The fourth-order valence-electron chi connectivity index (χ4n) is 4.88. The van der Waals surface area contributed by atoms with Crippen molar-refractivity contribution in [1.82, 2.24) is 19.5 Å². The molecule has 1 saturated carbocycles. The van der Waals surface area contributed by atoms with Crippen LogP contribution in [0.1, 0.15) is 68.5 Å². The van der Waals surface area contributed by atoms with Gasteiger partial charge in [0, 0.05) is 0 Å². The number of aromatic amines is 1. The third kappa shape index (κ3) is 6.42. The number of H-pyrrole nitrogens is 1. The van der Waals surface area contributed by atoms with E-state index in [0.717, 1.165) is 0 Å². The number of halogens is 1. The quantitative estimate of drug-likeness (QED) is 0.217. The number of nitrogens with one attached hydrogen (secondary N) is 2. The minimum absolute atomic E-state index is 0.0173. The number of hydrogen-bond acceptors (Lipinski definition) is 8. The Bertz CT molecular complexity index is 1510. The van der Waals surface area contributed by atoms with Crippen molar-refractivity contribution in [3.63, 3.8) is 0 Å². The van der Waals surface area contributed by atoms with Crippen molar-refractivity contribution >= 4 is 59.6 Å². The molecule has 2 aliphatic rings. The van der Waals surface area contributed by atoms with Crippen molar-refractivity contribution in [3.05, 3.63) is 16.7 Å². The van der Waals surface area contributed by atoms with Gasteiger partial charge in [0.25, 0.3) is 5.56 Å². The van der Waals surface area contributed by atoms with Gasteiger partial charge < -0.3 is 18.0 Å². The lowest BCUT2D eigenvalue weighted by molar-refractivity contribution is -0.114. The van der Waals surface area contributed by atoms with E-state index < -0.39 is 60.5 Å². The van der Waals surface area contributed by atoms with Gasteiger partial charge in [0.05, 0.1) is 6.33 Å². The molecule has 3 heterocycles. The Hall–Kier alpha value is -1.40. The van der Waals surface area contributed by atoms with Gasteiger partial charge in [-0.3, -0.25) is 24.5 Å². The first-order chi connectivity index (χ1) is 20.2. The van der Waals surface area contributed by atoms with Gasteiger partial charge in [-0.15, -0.1) is 11.6 Å². The summed E-state index contributed by atoms with van der Waals surface area (Å²) >= 11 is 5.70. The molecule has 0 radical (unpaired) electrons. The molecule has 0 spiro atoms. The van der Waals surface area contributed by atoms with E-state index in [0.29, 0.717) is 0 Å². The van der Waals surface area contributed by atoms with E-state index in [2.05, 4.69) is 122 Å². The third-order valence-corrected chi connectivity index (χ3v) is 24.5. The number of ether oxygens (including phenoxy) is 1. The zero-order chi connectivity index (χ0) is 34.3. The Labute approximate surface area is 275 Å². The monoisotopic (exact) mass is 699 g/mol. The minimum Gasteiger partial charge on any atom is -0.408 e. The third-order valence-electron chi connectivity index (χ3n) is 10.8. The molecule has 1 aliphatic carbocycles. The maximum atomic E-state index is 13.0. The van der Waals surface area contributed by atoms with Gasteiger partial charge in [-0.1, -0.05) is 62.3 Å². The van der Waals surface area contributed by atoms with Gasteiger partial charge in [0.2, 0.25) is 11.9 Å². The molecule has 3 unspecified atom stereocenters. The smallest absolute Gasteiger partial charge is 0.280 e. The Morgan fingerprint density at radius 1 is 0.956 bits per heavy atom. The zero-order valence-corrected chi connectivity index (χ0v) is 33.5. The van der Waals surface area contributed by atoms with Gasteiger partial charge in [-0.2, -0.15) is 4.98 Å². The van der Waals surface area contributed by atoms with Gasteiger partial charge in [0.1, 0.15) is 29.8 Å². The number of fused-ring (bicyclic) bond motifs is 2. The molecule has 1 amide bonds. The highest BCUT2D eigenvalue weighted by Gasteiger charge is 2.82. The molecule has 0 aromatic carbocycles. The van der Waals surface area contributed by atoms with E-state index in [9.17, 15) is 9.59 Å². The minimum atomic E-state index is -2.43. The van der Waals surface area contributed by atoms with E-state index in [4.69, 9.17) is 29.6 Å². The second-order valence-corrected chi connectivity index (χ2v) is 31.7. The Morgan fingerprint density at radius 3 is 1.96 bits per heavy atom. The number of alkyl halides is 1. The molecule has 1 saturated heterocycles. The summed E-state index contributed by atoms with van der Waals surface area (Å²) < 4.78 is 30.6. The lowest BCUT2D eigenvalue weighted by Gasteiger charge is -2.46. The largest absolute Gasteiger partial charge is 0.408 e. The van der Waals surface area contributed by atoms with E-state index in [-0.39, 0.29) is 44.2 Å². The predicted octanol–water partition coefficient (Wildman–Crippen LogP) is 6.75.